The second-order valence-corrected chi connectivity index (χ2v) is 3.68. The predicted molar refractivity (Wildman–Crippen MR) is 64.5 cm³/mol. The smallest absolute Gasteiger partial charge is 0.166 e. The molecule has 3 heteroatoms. The zero-order valence-electron chi connectivity index (χ0n) is 8.58. The minimum Gasteiger partial charge on any atom is -0.366 e. The van der Waals surface area contributed by atoms with Gasteiger partial charge in [-0.25, -0.2) is 0 Å². The highest BCUT2D eigenvalue weighted by Gasteiger charge is 2.04. The van der Waals surface area contributed by atoms with Gasteiger partial charge in [-0.15, -0.1) is 0 Å². The molecule has 0 radical (unpaired) electrons. The summed E-state index contributed by atoms with van der Waals surface area (Å²) >= 11 is 5.00. The van der Waals surface area contributed by atoms with Crippen molar-refractivity contribution in [2.45, 2.75) is 12.8 Å². The second kappa shape index (κ2) is 5.60. The summed E-state index contributed by atoms with van der Waals surface area (Å²) in [6, 6.07) is 10.4. The van der Waals surface area contributed by atoms with E-state index in [2.05, 4.69) is 41.8 Å². The maximum Gasteiger partial charge on any atom is 0.166 e. The second-order valence-electron chi connectivity index (χ2n) is 3.27. The number of hydrogen-bond acceptors (Lipinski definition) is 1. The molecule has 1 unspecified atom stereocenters. The average molecular weight is 208 g/mol. The maximum atomic E-state index is 5.00. The van der Waals surface area contributed by atoms with Crippen molar-refractivity contribution in [2.24, 2.45) is 0 Å². The minimum absolute atomic E-state index is 0.475. The first-order valence-corrected chi connectivity index (χ1v) is 5.15. The van der Waals surface area contributed by atoms with Crippen LogP contribution in [0.2, 0.25) is 0 Å². The van der Waals surface area contributed by atoms with Gasteiger partial charge in [0.05, 0.1) is 0 Å². The van der Waals surface area contributed by atoms with Crippen molar-refractivity contribution in [3.63, 3.8) is 0 Å². The molecule has 0 aliphatic carbocycles. The standard InChI is InChI=1S/C11H16N2S/c1-9(8-13-11(14)12-2)10-6-4-3-5-7-10/h3-7,9H,8H2,1-2H3,(H2,12,13,14). The van der Waals surface area contributed by atoms with Crippen LogP contribution in [0.5, 0.6) is 0 Å². The van der Waals surface area contributed by atoms with Crippen molar-refractivity contribution in [3.8, 4) is 0 Å². The van der Waals surface area contributed by atoms with Gasteiger partial charge in [-0.05, 0) is 23.7 Å². The van der Waals surface area contributed by atoms with Gasteiger partial charge >= 0.3 is 0 Å². The molecule has 0 aliphatic rings. The van der Waals surface area contributed by atoms with Crippen LogP contribution in [0.25, 0.3) is 0 Å². The van der Waals surface area contributed by atoms with Gasteiger partial charge in [-0.2, -0.15) is 0 Å². The lowest BCUT2D eigenvalue weighted by Crippen LogP contribution is -2.34. The molecule has 0 spiro atoms. The molecular formula is C11H16N2S. The molecule has 0 aliphatic heterocycles. The Morgan fingerprint density at radius 3 is 2.57 bits per heavy atom. The average Bonchev–Trinajstić information content (AvgIpc) is 2.26. The molecule has 0 aromatic heterocycles. The SMILES string of the molecule is CNC(=S)NCC(C)c1ccccc1. The van der Waals surface area contributed by atoms with Gasteiger partial charge in [-0.3, -0.25) is 0 Å². The summed E-state index contributed by atoms with van der Waals surface area (Å²) in [7, 11) is 1.82. The predicted octanol–water partition coefficient (Wildman–Crippen LogP) is 1.88. The summed E-state index contributed by atoms with van der Waals surface area (Å²) < 4.78 is 0. The van der Waals surface area contributed by atoms with Crippen LogP contribution in [0.3, 0.4) is 0 Å². The van der Waals surface area contributed by atoms with E-state index in [1.165, 1.54) is 5.56 Å². The van der Waals surface area contributed by atoms with E-state index in [-0.39, 0.29) is 0 Å². The van der Waals surface area contributed by atoms with Crippen molar-refractivity contribution in [2.75, 3.05) is 13.6 Å². The molecule has 0 saturated carbocycles. The molecule has 1 aromatic rings. The van der Waals surface area contributed by atoms with Crippen LogP contribution in [0, 0.1) is 0 Å². The Morgan fingerprint density at radius 2 is 2.00 bits per heavy atom. The van der Waals surface area contributed by atoms with E-state index in [9.17, 15) is 0 Å². The van der Waals surface area contributed by atoms with Crippen LogP contribution in [0.15, 0.2) is 30.3 Å². The largest absolute Gasteiger partial charge is 0.366 e. The highest BCUT2D eigenvalue weighted by molar-refractivity contribution is 7.80. The molecule has 0 bridgehead atoms. The fourth-order valence-corrected chi connectivity index (χ4v) is 1.32. The van der Waals surface area contributed by atoms with Crippen LogP contribution in [-0.2, 0) is 0 Å². The summed E-state index contributed by atoms with van der Waals surface area (Å²) in [5, 5.41) is 6.74. The lowest BCUT2D eigenvalue weighted by Gasteiger charge is -2.13. The molecule has 1 aromatic carbocycles. The highest BCUT2D eigenvalue weighted by atomic mass is 32.1. The molecule has 2 N–H and O–H groups in total. The highest BCUT2D eigenvalue weighted by Crippen LogP contribution is 2.12. The van der Waals surface area contributed by atoms with Crippen molar-refractivity contribution in [1.29, 1.82) is 0 Å². The Hall–Kier alpha value is -1.09. The summed E-state index contributed by atoms with van der Waals surface area (Å²) in [5.41, 5.74) is 1.33. The number of nitrogens with one attached hydrogen (secondary N) is 2. The van der Waals surface area contributed by atoms with E-state index in [1.807, 2.05) is 13.1 Å². The maximum absolute atomic E-state index is 5.00. The van der Waals surface area contributed by atoms with Gasteiger partial charge in [0.15, 0.2) is 5.11 Å². The zero-order valence-corrected chi connectivity index (χ0v) is 9.40. The molecule has 0 saturated heterocycles. The van der Waals surface area contributed by atoms with E-state index in [0.29, 0.717) is 11.0 Å². The third kappa shape index (κ3) is 3.34. The van der Waals surface area contributed by atoms with Crippen molar-refractivity contribution in [3.05, 3.63) is 35.9 Å². The molecule has 1 atom stereocenters. The number of thiocarbonyl (C=S) groups is 1. The van der Waals surface area contributed by atoms with E-state index in [4.69, 9.17) is 12.2 Å². The number of benzene rings is 1. The lowest BCUT2D eigenvalue weighted by molar-refractivity contribution is 0.715. The normalized spacial score (nSPS) is 11.9. The van der Waals surface area contributed by atoms with E-state index in [1.54, 1.807) is 0 Å². The molecular weight excluding hydrogens is 192 g/mol. The third-order valence-corrected chi connectivity index (χ3v) is 2.51. The fourth-order valence-electron chi connectivity index (χ4n) is 1.23. The summed E-state index contributed by atoms with van der Waals surface area (Å²) in [5.74, 6) is 0.475. The van der Waals surface area contributed by atoms with E-state index >= 15 is 0 Å². The Bertz CT molecular complexity index is 285. The van der Waals surface area contributed by atoms with Gasteiger partial charge in [-0.1, -0.05) is 37.3 Å². The van der Waals surface area contributed by atoms with Gasteiger partial charge in [0, 0.05) is 13.6 Å². The van der Waals surface area contributed by atoms with Crippen LogP contribution < -0.4 is 10.6 Å². The van der Waals surface area contributed by atoms with Crippen molar-refractivity contribution >= 4 is 17.3 Å². The first-order valence-electron chi connectivity index (χ1n) is 4.74. The summed E-state index contributed by atoms with van der Waals surface area (Å²) in [6.07, 6.45) is 0. The zero-order chi connectivity index (χ0) is 10.4. The monoisotopic (exact) mass is 208 g/mol. The van der Waals surface area contributed by atoms with Crippen LogP contribution in [0.1, 0.15) is 18.4 Å². The van der Waals surface area contributed by atoms with Crippen LogP contribution in [-0.4, -0.2) is 18.7 Å². The van der Waals surface area contributed by atoms with E-state index < -0.39 is 0 Å². The van der Waals surface area contributed by atoms with Crippen LogP contribution >= 0.6 is 12.2 Å². The van der Waals surface area contributed by atoms with Crippen LogP contribution in [0.4, 0.5) is 0 Å². The van der Waals surface area contributed by atoms with Crippen molar-refractivity contribution < 1.29 is 0 Å². The Morgan fingerprint density at radius 1 is 1.36 bits per heavy atom. The fraction of sp³-hybridized carbons (Fsp3) is 0.364. The molecule has 2 nitrogen and oxygen atoms in total. The van der Waals surface area contributed by atoms with Gasteiger partial charge in [0.25, 0.3) is 0 Å². The Balaban J connectivity index is 2.43. The van der Waals surface area contributed by atoms with E-state index in [0.717, 1.165) is 6.54 Å². The van der Waals surface area contributed by atoms with Crippen molar-refractivity contribution in [1.82, 2.24) is 10.6 Å². The summed E-state index contributed by atoms with van der Waals surface area (Å²) in [4.78, 5) is 0. The first kappa shape index (κ1) is 11.0. The minimum atomic E-state index is 0.475. The van der Waals surface area contributed by atoms with Gasteiger partial charge < -0.3 is 10.6 Å². The number of rotatable bonds is 3. The van der Waals surface area contributed by atoms with Gasteiger partial charge in [0.2, 0.25) is 0 Å². The van der Waals surface area contributed by atoms with Gasteiger partial charge in [0.1, 0.15) is 0 Å². The molecule has 0 heterocycles. The molecule has 0 amide bonds. The third-order valence-electron chi connectivity index (χ3n) is 2.16. The lowest BCUT2D eigenvalue weighted by atomic mass is 10.0. The quantitative estimate of drug-likeness (QED) is 0.742. The first-order chi connectivity index (χ1) is 6.74. The Kier molecular flexibility index (Phi) is 4.40. The summed E-state index contributed by atoms with van der Waals surface area (Å²) in [6.45, 7) is 3.05. The molecule has 14 heavy (non-hydrogen) atoms. The Labute approximate surface area is 90.7 Å². The molecule has 0 fully saturated rings. The topological polar surface area (TPSA) is 24.1 Å². The number of hydrogen-bond donors (Lipinski definition) is 2. The molecule has 1 rings (SSSR count). The molecule has 76 valence electrons.